The van der Waals surface area contributed by atoms with Gasteiger partial charge in [0.15, 0.2) is 37.0 Å². The van der Waals surface area contributed by atoms with Gasteiger partial charge >= 0.3 is 41.8 Å². The fourth-order valence-corrected chi connectivity index (χ4v) is 9.91. The van der Waals surface area contributed by atoms with Crippen LogP contribution >= 0.6 is 0 Å². The monoisotopic (exact) mass is 1380 g/mol. The van der Waals surface area contributed by atoms with Crippen LogP contribution in [-0.2, 0) is 119 Å². The lowest BCUT2D eigenvalue weighted by Gasteiger charge is -2.45. The summed E-state index contributed by atoms with van der Waals surface area (Å²) in [7, 11) is 0. The van der Waals surface area contributed by atoms with Crippen molar-refractivity contribution in [1.82, 2.24) is 26.6 Å². The van der Waals surface area contributed by atoms with Gasteiger partial charge in [0, 0.05) is 105 Å². The SMILES string of the molecule is CC(=O)N[C@H]1C(OCCOCCOCCNC(=O)c2cc(NC(=O)CNC(=O)CCCCCCCCCCC(=O)O)cc(C(=O)NCCOCCOCCOC3O[C@H](COC(C)=O)[C@H](OC(C)=O)[C@H](OC(C)=O)[C@H]3NC(C)=O)c2)O[C@H](CCOC(C)=O)[C@H](OC(C)=O)[C@@H]1OC(C)=O. The molecule has 2 saturated heterocycles. The minimum Gasteiger partial charge on any atom is -0.481 e. The van der Waals surface area contributed by atoms with E-state index in [1.165, 1.54) is 39.0 Å². The molecule has 97 heavy (non-hydrogen) atoms. The van der Waals surface area contributed by atoms with E-state index in [0.717, 1.165) is 73.1 Å². The fourth-order valence-electron chi connectivity index (χ4n) is 9.91. The van der Waals surface area contributed by atoms with E-state index >= 15 is 0 Å². The van der Waals surface area contributed by atoms with E-state index in [2.05, 4.69) is 31.9 Å². The highest BCUT2D eigenvalue weighted by Gasteiger charge is 2.52. The predicted octanol–water partition coefficient (Wildman–Crippen LogP) is 0.988. The zero-order valence-electron chi connectivity index (χ0n) is 56.4. The van der Waals surface area contributed by atoms with Crippen LogP contribution in [-0.4, -0.2) is 243 Å². The molecule has 2 unspecified atom stereocenters. The van der Waals surface area contributed by atoms with E-state index in [1.807, 2.05) is 0 Å². The molecule has 1 aromatic carbocycles. The summed E-state index contributed by atoms with van der Waals surface area (Å²) in [5.74, 6) is -8.34. The number of carbonyl (C=O) groups excluding carboxylic acids is 12. The standard InChI is InChI=1S/C63H96N6O28/c1-38(70)67-54-58(94-44(7)76)56(92-42(5)74)49(19-22-88-40(3)72)96-62(54)89-31-29-86-27-25-84-23-20-64-60(82)46-33-47(35-48(34-46)69-52(79)36-66-51(78)17-15-13-11-9-10-12-14-16-18-53(80)81)61(83)65-21-24-85-26-28-87-30-32-90-63-55(68-39(2)71)59(95-45(8)77)57(93-43(6)75)50(97-63)37-91-41(4)73/h33-35,49-50,54-59,62-63H,9-32,36-37H2,1-8H3,(H,64,82)(H,65,83)(H,66,78)(H,67,70)(H,68,71)(H,69,79)(H,80,81)/t49-,50-,54-,55-,56+,57+,58-,59-,62?,63?/m1/s1. The molecule has 10 atom stereocenters. The van der Waals surface area contributed by atoms with Crippen molar-refractivity contribution in [3.63, 3.8) is 0 Å². The Morgan fingerprint density at radius 2 is 0.825 bits per heavy atom. The molecule has 2 aliphatic heterocycles. The van der Waals surface area contributed by atoms with Gasteiger partial charge in [-0.15, -0.1) is 0 Å². The van der Waals surface area contributed by atoms with Crippen LogP contribution in [0.25, 0.3) is 0 Å². The third-order valence-corrected chi connectivity index (χ3v) is 14.0. The van der Waals surface area contributed by atoms with Gasteiger partial charge in [-0.3, -0.25) is 62.3 Å². The number of hydrogen-bond donors (Lipinski definition) is 7. The summed E-state index contributed by atoms with van der Waals surface area (Å²) < 4.78 is 78.4. The van der Waals surface area contributed by atoms with E-state index in [-0.39, 0.29) is 128 Å². The summed E-state index contributed by atoms with van der Waals surface area (Å²) in [6.45, 7) is 8.42. The van der Waals surface area contributed by atoms with Gasteiger partial charge < -0.3 is 103 Å². The summed E-state index contributed by atoms with van der Waals surface area (Å²) in [5.41, 5.74) is 0.0535. The Morgan fingerprint density at radius 3 is 1.26 bits per heavy atom. The lowest BCUT2D eigenvalue weighted by Crippen LogP contribution is -2.66. The number of amides is 6. The minimum atomic E-state index is -1.31. The van der Waals surface area contributed by atoms with Gasteiger partial charge in [0.1, 0.15) is 30.9 Å². The summed E-state index contributed by atoms with van der Waals surface area (Å²) in [4.78, 5) is 160. The number of anilines is 1. The molecule has 0 saturated carbocycles. The average Bonchev–Trinajstić information content (AvgIpc) is 0.797. The molecular formula is C63H96N6O28. The maximum atomic E-state index is 13.6. The third-order valence-electron chi connectivity index (χ3n) is 14.0. The quantitative estimate of drug-likeness (QED) is 0.0272. The Bertz CT molecular complexity index is 2720. The summed E-state index contributed by atoms with van der Waals surface area (Å²) in [5, 5.41) is 24.7. The van der Waals surface area contributed by atoms with Crippen LogP contribution in [0.3, 0.4) is 0 Å². The molecule has 0 radical (unpaired) electrons. The lowest BCUT2D eigenvalue weighted by molar-refractivity contribution is -0.279. The van der Waals surface area contributed by atoms with Crippen molar-refractivity contribution in [1.29, 1.82) is 0 Å². The molecule has 1 aromatic rings. The van der Waals surface area contributed by atoms with Gasteiger partial charge in [0.2, 0.25) is 23.6 Å². The van der Waals surface area contributed by atoms with Crippen molar-refractivity contribution >= 4 is 82.9 Å². The molecule has 2 fully saturated rings. The third kappa shape index (κ3) is 35.7. The number of carbonyl (C=O) groups is 13. The minimum absolute atomic E-state index is 0.000307. The number of nitrogens with one attached hydrogen (secondary N) is 6. The van der Waals surface area contributed by atoms with Crippen LogP contribution in [0.15, 0.2) is 18.2 Å². The topological polar surface area (TPSA) is 444 Å². The highest BCUT2D eigenvalue weighted by atomic mass is 16.7. The largest absolute Gasteiger partial charge is 0.481 e. The number of carboxylic acids is 1. The van der Waals surface area contributed by atoms with E-state index < -0.39 is 146 Å². The van der Waals surface area contributed by atoms with E-state index in [9.17, 15) is 62.3 Å². The van der Waals surface area contributed by atoms with Gasteiger partial charge in [0.25, 0.3) is 11.8 Å². The first-order chi connectivity index (χ1) is 46.2. The number of carboxylic acid groups (broad SMARTS) is 1. The first-order valence-electron chi connectivity index (χ1n) is 32.1. The van der Waals surface area contributed by atoms with Crippen LogP contribution in [0.5, 0.6) is 0 Å². The Kier molecular flexibility index (Phi) is 40.4. The van der Waals surface area contributed by atoms with Gasteiger partial charge in [-0.05, 0) is 31.0 Å². The van der Waals surface area contributed by atoms with Crippen LogP contribution in [0.2, 0.25) is 0 Å². The van der Waals surface area contributed by atoms with E-state index in [4.69, 9.17) is 71.4 Å². The zero-order valence-corrected chi connectivity index (χ0v) is 56.4. The lowest BCUT2D eigenvalue weighted by atomic mass is 9.94. The molecule has 34 nitrogen and oxygen atoms in total. The number of esters is 6. The molecule has 2 aliphatic rings. The van der Waals surface area contributed by atoms with Crippen molar-refractivity contribution in [2.75, 3.05) is 104 Å². The Balaban J connectivity index is 1.55. The molecule has 546 valence electrons. The molecule has 6 amide bonds. The maximum absolute atomic E-state index is 13.6. The second-order valence-corrected chi connectivity index (χ2v) is 22.3. The number of ether oxygens (including phenoxy) is 14. The van der Waals surface area contributed by atoms with Crippen molar-refractivity contribution in [2.24, 2.45) is 0 Å². The molecule has 0 bridgehead atoms. The van der Waals surface area contributed by atoms with Crippen LogP contribution in [0, 0.1) is 0 Å². The van der Waals surface area contributed by atoms with Gasteiger partial charge in [0.05, 0.1) is 79.2 Å². The smallest absolute Gasteiger partial charge is 0.303 e. The molecule has 34 heteroatoms. The number of rotatable bonds is 47. The average molecular weight is 1390 g/mol. The van der Waals surface area contributed by atoms with Crippen LogP contribution < -0.4 is 31.9 Å². The number of hydrogen-bond acceptors (Lipinski definition) is 27. The van der Waals surface area contributed by atoms with Crippen molar-refractivity contribution in [3.05, 3.63) is 29.3 Å². The Morgan fingerprint density at radius 1 is 0.423 bits per heavy atom. The van der Waals surface area contributed by atoms with Crippen molar-refractivity contribution in [3.8, 4) is 0 Å². The molecule has 0 aliphatic carbocycles. The van der Waals surface area contributed by atoms with E-state index in [1.54, 1.807) is 0 Å². The highest BCUT2D eigenvalue weighted by molar-refractivity contribution is 6.03. The number of benzene rings is 1. The van der Waals surface area contributed by atoms with Crippen LogP contribution in [0.4, 0.5) is 5.69 Å². The van der Waals surface area contributed by atoms with Crippen molar-refractivity contribution in [2.45, 2.75) is 187 Å². The Hall–Kier alpha value is -7.99. The fraction of sp³-hybridized carbons (Fsp3) is 0.698. The highest BCUT2D eigenvalue weighted by Crippen LogP contribution is 2.31. The first kappa shape index (κ1) is 83.2. The van der Waals surface area contributed by atoms with Crippen LogP contribution in [0.1, 0.15) is 147 Å². The molecule has 0 spiro atoms. The second-order valence-electron chi connectivity index (χ2n) is 22.3. The van der Waals surface area contributed by atoms with Gasteiger partial charge in [-0.2, -0.15) is 0 Å². The number of aliphatic carboxylic acids is 1. The second kappa shape index (κ2) is 47.0. The first-order valence-corrected chi connectivity index (χ1v) is 32.1. The molecule has 3 rings (SSSR count). The maximum Gasteiger partial charge on any atom is 0.303 e. The number of unbranched alkanes of at least 4 members (excludes halogenated alkanes) is 7. The molecule has 0 aromatic heterocycles. The molecular weight excluding hydrogens is 1290 g/mol. The molecule has 2 heterocycles. The summed E-state index contributed by atoms with van der Waals surface area (Å²) in [6, 6.07) is 1.71. The summed E-state index contributed by atoms with van der Waals surface area (Å²) in [6.07, 6.45) is -2.69. The Labute approximate surface area is 562 Å². The van der Waals surface area contributed by atoms with Crippen molar-refractivity contribution < 1.29 is 134 Å². The zero-order chi connectivity index (χ0) is 71.7. The van der Waals surface area contributed by atoms with Gasteiger partial charge in [-0.25, -0.2) is 0 Å². The van der Waals surface area contributed by atoms with E-state index in [0.29, 0.717) is 12.8 Å². The van der Waals surface area contributed by atoms with Gasteiger partial charge in [-0.1, -0.05) is 38.5 Å². The summed E-state index contributed by atoms with van der Waals surface area (Å²) >= 11 is 0. The predicted molar refractivity (Wildman–Crippen MR) is 334 cm³/mol. The normalized spacial score (nSPS) is 20.3. The molecule has 7 N–H and O–H groups in total.